The fourth-order valence-electron chi connectivity index (χ4n) is 3.77. The van der Waals surface area contributed by atoms with Crippen LogP contribution in [0.25, 0.3) is 10.9 Å². The molecule has 1 atom stereocenters. The van der Waals surface area contributed by atoms with E-state index in [4.69, 9.17) is 0 Å². The van der Waals surface area contributed by atoms with Gasteiger partial charge < -0.3 is 9.88 Å². The molecule has 4 rings (SSSR count). The highest BCUT2D eigenvalue weighted by Crippen LogP contribution is 2.33. The van der Waals surface area contributed by atoms with Gasteiger partial charge in [0.2, 0.25) is 0 Å². The van der Waals surface area contributed by atoms with Gasteiger partial charge in [0.1, 0.15) is 0 Å². The van der Waals surface area contributed by atoms with Crippen molar-refractivity contribution in [3.05, 3.63) is 35.0 Å². The molecule has 106 valence electrons. The summed E-state index contributed by atoms with van der Waals surface area (Å²) < 4.78 is 2.43. The van der Waals surface area contributed by atoms with Crippen molar-refractivity contribution < 1.29 is 0 Å². The van der Waals surface area contributed by atoms with Gasteiger partial charge in [0, 0.05) is 35.7 Å². The van der Waals surface area contributed by atoms with Crippen LogP contribution in [0.15, 0.2) is 18.2 Å². The molecule has 0 radical (unpaired) electrons. The lowest BCUT2D eigenvalue weighted by atomic mass is 9.91. The van der Waals surface area contributed by atoms with E-state index in [1.54, 1.807) is 11.3 Å². The van der Waals surface area contributed by atoms with Crippen LogP contribution in [-0.2, 0) is 26.3 Å². The average Bonchev–Trinajstić information content (AvgIpc) is 3.25. The molecule has 1 heterocycles. The number of benzene rings is 1. The standard InChI is InChI=1S/C18H24N2/c1-3-12-4-8-17-15(10-12)16-11-14(19-13-5-6-13)7-9-18(16)20(17)2/h4,8,10,13-14,19H,3,5-7,9,11H2,1-2H3. The molecule has 2 heteroatoms. The lowest BCUT2D eigenvalue weighted by molar-refractivity contribution is 0.450. The van der Waals surface area contributed by atoms with Crippen molar-refractivity contribution in [2.45, 2.75) is 57.5 Å². The Hall–Kier alpha value is -1.28. The summed E-state index contributed by atoms with van der Waals surface area (Å²) in [5, 5.41) is 5.33. The molecule has 1 aromatic carbocycles. The van der Waals surface area contributed by atoms with Crippen molar-refractivity contribution in [2.24, 2.45) is 7.05 Å². The highest BCUT2D eigenvalue weighted by Gasteiger charge is 2.29. The molecule has 0 aliphatic heterocycles. The Morgan fingerprint density at radius 3 is 2.80 bits per heavy atom. The van der Waals surface area contributed by atoms with Crippen LogP contribution < -0.4 is 5.32 Å². The second-order valence-electron chi connectivity index (χ2n) is 6.57. The topological polar surface area (TPSA) is 17.0 Å². The average molecular weight is 268 g/mol. The predicted molar refractivity (Wildman–Crippen MR) is 84.3 cm³/mol. The molecule has 0 saturated heterocycles. The van der Waals surface area contributed by atoms with Crippen LogP contribution in [0.1, 0.15) is 43.0 Å². The van der Waals surface area contributed by atoms with Crippen molar-refractivity contribution >= 4 is 10.9 Å². The molecule has 2 aliphatic carbocycles. The number of nitrogens with one attached hydrogen (secondary N) is 1. The number of hydrogen-bond donors (Lipinski definition) is 1. The molecule has 1 fully saturated rings. The summed E-state index contributed by atoms with van der Waals surface area (Å²) in [6.07, 6.45) is 7.65. The molecule has 2 aliphatic rings. The second-order valence-corrected chi connectivity index (χ2v) is 6.57. The highest BCUT2D eigenvalue weighted by atomic mass is 15.0. The Morgan fingerprint density at radius 1 is 1.20 bits per heavy atom. The highest BCUT2D eigenvalue weighted by molar-refractivity contribution is 5.86. The first-order chi connectivity index (χ1) is 9.76. The second kappa shape index (κ2) is 4.63. The van der Waals surface area contributed by atoms with E-state index in [2.05, 4.69) is 42.1 Å². The minimum Gasteiger partial charge on any atom is -0.347 e. The Morgan fingerprint density at radius 2 is 2.05 bits per heavy atom. The molecule has 1 N–H and O–H groups in total. The summed E-state index contributed by atoms with van der Waals surface area (Å²) in [7, 11) is 2.24. The van der Waals surface area contributed by atoms with Gasteiger partial charge in [-0.05, 0) is 61.8 Å². The van der Waals surface area contributed by atoms with Gasteiger partial charge >= 0.3 is 0 Å². The van der Waals surface area contributed by atoms with Crippen LogP contribution in [-0.4, -0.2) is 16.7 Å². The zero-order chi connectivity index (χ0) is 13.7. The molecule has 1 unspecified atom stereocenters. The van der Waals surface area contributed by atoms with Gasteiger partial charge in [-0.25, -0.2) is 0 Å². The Balaban J connectivity index is 1.75. The van der Waals surface area contributed by atoms with Crippen LogP contribution in [0.4, 0.5) is 0 Å². The van der Waals surface area contributed by atoms with Gasteiger partial charge in [-0.2, -0.15) is 0 Å². The zero-order valence-corrected chi connectivity index (χ0v) is 12.6. The first kappa shape index (κ1) is 12.5. The summed E-state index contributed by atoms with van der Waals surface area (Å²) in [5.74, 6) is 0. The minimum absolute atomic E-state index is 0.700. The van der Waals surface area contributed by atoms with Crippen molar-refractivity contribution in [2.75, 3.05) is 0 Å². The zero-order valence-electron chi connectivity index (χ0n) is 12.6. The van der Waals surface area contributed by atoms with E-state index in [1.165, 1.54) is 48.6 Å². The molecule has 1 aromatic heterocycles. The first-order valence-corrected chi connectivity index (χ1v) is 8.11. The van der Waals surface area contributed by atoms with Crippen molar-refractivity contribution in [1.82, 2.24) is 9.88 Å². The van der Waals surface area contributed by atoms with Crippen molar-refractivity contribution in [1.29, 1.82) is 0 Å². The number of fused-ring (bicyclic) bond motifs is 3. The predicted octanol–water partition coefficient (Wildman–Crippen LogP) is 3.35. The fourth-order valence-corrected chi connectivity index (χ4v) is 3.77. The van der Waals surface area contributed by atoms with Crippen LogP contribution in [0.2, 0.25) is 0 Å². The Kier molecular flexibility index (Phi) is 2.88. The third-order valence-electron chi connectivity index (χ3n) is 5.14. The molecular weight excluding hydrogens is 244 g/mol. The summed E-state index contributed by atoms with van der Waals surface area (Å²) in [5.41, 5.74) is 6.06. The van der Waals surface area contributed by atoms with E-state index in [9.17, 15) is 0 Å². The summed E-state index contributed by atoms with van der Waals surface area (Å²) in [6.45, 7) is 2.24. The number of aromatic nitrogens is 1. The van der Waals surface area contributed by atoms with Gasteiger partial charge in [-0.1, -0.05) is 13.0 Å². The number of nitrogens with zero attached hydrogens (tertiary/aromatic N) is 1. The van der Waals surface area contributed by atoms with Crippen LogP contribution in [0, 0.1) is 0 Å². The molecule has 1 saturated carbocycles. The number of rotatable bonds is 3. The first-order valence-electron chi connectivity index (χ1n) is 8.11. The third kappa shape index (κ3) is 1.98. The van der Waals surface area contributed by atoms with E-state index in [0.717, 1.165) is 12.5 Å². The third-order valence-corrected chi connectivity index (χ3v) is 5.14. The molecule has 20 heavy (non-hydrogen) atoms. The molecule has 0 amide bonds. The van der Waals surface area contributed by atoms with E-state index >= 15 is 0 Å². The van der Waals surface area contributed by atoms with E-state index < -0.39 is 0 Å². The number of hydrogen-bond acceptors (Lipinski definition) is 1. The SMILES string of the molecule is CCc1ccc2c(c1)c1c(n2C)CCC(NC2CC2)C1. The fraction of sp³-hybridized carbons (Fsp3) is 0.556. The van der Waals surface area contributed by atoms with Gasteiger partial charge in [-0.15, -0.1) is 0 Å². The lowest BCUT2D eigenvalue weighted by Crippen LogP contribution is -2.36. The largest absolute Gasteiger partial charge is 0.347 e. The molecule has 2 aromatic rings. The molecule has 0 spiro atoms. The maximum absolute atomic E-state index is 3.83. The molecule has 0 bridgehead atoms. The smallest absolute Gasteiger partial charge is 0.0482 e. The lowest BCUT2D eigenvalue weighted by Gasteiger charge is -2.24. The monoisotopic (exact) mass is 268 g/mol. The maximum Gasteiger partial charge on any atom is 0.0482 e. The van der Waals surface area contributed by atoms with Crippen LogP contribution in [0.5, 0.6) is 0 Å². The number of aryl methyl sites for hydroxylation is 2. The normalized spacial score (nSPS) is 22.2. The van der Waals surface area contributed by atoms with E-state index in [-0.39, 0.29) is 0 Å². The maximum atomic E-state index is 3.83. The van der Waals surface area contributed by atoms with Crippen LogP contribution in [0.3, 0.4) is 0 Å². The van der Waals surface area contributed by atoms with E-state index in [1.807, 2.05) is 0 Å². The summed E-state index contributed by atoms with van der Waals surface area (Å²) >= 11 is 0. The van der Waals surface area contributed by atoms with E-state index in [0.29, 0.717) is 6.04 Å². The molecule has 2 nitrogen and oxygen atoms in total. The van der Waals surface area contributed by atoms with Gasteiger partial charge in [-0.3, -0.25) is 0 Å². The summed E-state index contributed by atoms with van der Waals surface area (Å²) in [6, 6.07) is 8.55. The Bertz CT molecular complexity index is 649. The van der Waals surface area contributed by atoms with Crippen molar-refractivity contribution in [3.63, 3.8) is 0 Å². The Labute approximate surface area is 121 Å². The van der Waals surface area contributed by atoms with Gasteiger partial charge in [0.15, 0.2) is 0 Å². The van der Waals surface area contributed by atoms with Gasteiger partial charge in [0.25, 0.3) is 0 Å². The minimum atomic E-state index is 0.700. The molecular formula is C18H24N2. The quantitative estimate of drug-likeness (QED) is 0.903. The van der Waals surface area contributed by atoms with Crippen LogP contribution >= 0.6 is 0 Å². The van der Waals surface area contributed by atoms with Gasteiger partial charge in [0.05, 0.1) is 0 Å². The summed E-state index contributed by atoms with van der Waals surface area (Å²) in [4.78, 5) is 0. The van der Waals surface area contributed by atoms with Crippen molar-refractivity contribution in [3.8, 4) is 0 Å².